The van der Waals surface area contributed by atoms with Crippen LogP contribution in [0, 0.1) is 11.8 Å². The maximum Gasteiger partial charge on any atom is 0.225 e. The monoisotopic (exact) mass is 336 g/mol. The Hall–Kier alpha value is -1.55. The Kier molecular flexibility index (Phi) is 6.05. The van der Waals surface area contributed by atoms with E-state index in [2.05, 4.69) is 5.32 Å². The molecule has 126 valence electrons. The molecule has 0 saturated carbocycles. The summed E-state index contributed by atoms with van der Waals surface area (Å²) in [6.45, 7) is 7.11. The second kappa shape index (κ2) is 7.82. The quantitative estimate of drug-likeness (QED) is 0.916. The zero-order valence-corrected chi connectivity index (χ0v) is 14.8. The van der Waals surface area contributed by atoms with Gasteiger partial charge in [0.1, 0.15) is 0 Å². The number of nitrogens with one attached hydrogen (secondary N) is 1. The maximum absolute atomic E-state index is 12.4. The highest BCUT2D eigenvalue weighted by Gasteiger charge is 2.28. The van der Waals surface area contributed by atoms with Gasteiger partial charge in [0.15, 0.2) is 0 Å². The van der Waals surface area contributed by atoms with Gasteiger partial charge in [0.05, 0.1) is 6.04 Å². The van der Waals surface area contributed by atoms with Crippen LogP contribution < -0.4 is 5.32 Å². The average Bonchev–Trinajstić information content (AvgIpc) is 2.54. The fourth-order valence-electron chi connectivity index (χ4n) is 2.92. The van der Waals surface area contributed by atoms with Gasteiger partial charge in [-0.05, 0) is 37.5 Å². The van der Waals surface area contributed by atoms with Crippen molar-refractivity contribution >= 4 is 23.4 Å². The van der Waals surface area contributed by atoms with Crippen molar-refractivity contribution in [2.75, 3.05) is 13.1 Å². The van der Waals surface area contributed by atoms with Crippen molar-refractivity contribution in [2.24, 2.45) is 11.8 Å². The molecule has 23 heavy (non-hydrogen) atoms. The van der Waals surface area contributed by atoms with Crippen LogP contribution >= 0.6 is 11.6 Å². The molecule has 1 fully saturated rings. The second-order valence-electron chi connectivity index (χ2n) is 6.54. The summed E-state index contributed by atoms with van der Waals surface area (Å²) < 4.78 is 0. The molecule has 0 aliphatic carbocycles. The van der Waals surface area contributed by atoms with Crippen LogP contribution in [0.3, 0.4) is 0 Å². The molecule has 1 saturated heterocycles. The third-order valence-corrected chi connectivity index (χ3v) is 4.61. The summed E-state index contributed by atoms with van der Waals surface area (Å²) in [4.78, 5) is 26.3. The SMILES string of the molecule is CC(C)C(=O)N1CCC(C(=O)N[C@H](C)c2cccc(Cl)c2)CC1. The van der Waals surface area contributed by atoms with Crippen molar-refractivity contribution in [3.63, 3.8) is 0 Å². The lowest BCUT2D eigenvalue weighted by atomic mass is 9.94. The molecule has 1 aromatic rings. The van der Waals surface area contributed by atoms with E-state index >= 15 is 0 Å². The first-order chi connectivity index (χ1) is 10.9. The minimum atomic E-state index is -0.0727. The summed E-state index contributed by atoms with van der Waals surface area (Å²) in [5.74, 6) is 0.237. The number of hydrogen-bond acceptors (Lipinski definition) is 2. The molecule has 0 spiro atoms. The molecule has 1 aliphatic rings. The molecule has 1 atom stereocenters. The van der Waals surface area contributed by atoms with Crippen LogP contribution in [0.15, 0.2) is 24.3 Å². The van der Waals surface area contributed by atoms with Gasteiger partial charge in [-0.15, -0.1) is 0 Å². The van der Waals surface area contributed by atoms with Gasteiger partial charge in [0.2, 0.25) is 11.8 Å². The zero-order chi connectivity index (χ0) is 17.0. The minimum Gasteiger partial charge on any atom is -0.349 e. The summed E-state index contributed by atoms with van der Waals surface area (Å²) in [7, 11) is 0. The van der Waals surface area contributed by atoms with E-state index in [0.717, 1.165) is 18.4 Å². The van der Waals surface area contributed by atoms with E-state index in [-0.39, 0.29) is 29.7 Å². The average molecular weight is 337 g/mol. The van der Waals surface area contributed by atoms with E-state index in [0.29, 0.717) is 18.1 Å². The Labute approximate surface area is 143 Å². The lowest BCUT2D eigenvalue weighted by Crippen LogP contribution is -2.44. The molecule has 1 heterocycles. The lowest BCUT2D eigenvalue weighted by Gasteiger charge is -2.33. The molecule has 0 bridgehead atoms. The molecule has 2 amide bonds. The van der Waals surface area contributed by atoms with Crippen molar-refractivity contribution in [2.45, 2.75) is 39.7 Å². The predicted octanol–water partition coefficient (Wildman–Crippen LogP) is 3.41. The zero-order valence-electron chi connectivity index (χ0n) is 14.0. The van der Waals surface area contributed by atoms with Gasteiger partial charge in [0, 0.05) is 29.9 Å². The number of carbonyl (C=O) groups is 2. The summed E-state index contributed by atoms with van der Waals surface area (Å²) in [5.41, 5.74) is 0.998. The number of rotatable bonds is 4. The summed E-state index contributed by atoms with van der Waals surface area (Å²) in [5, 5.41) is 3.73. The molecule has 2 rings (SSSR count). The first-order valence-electron chi connectivity index (χ1n) is 8.23. The molecular weight excluding hydrogens is 312 g/mol. The van der Waals surface area contributed by atoms with E-state index in [1.54, 1.807) is 0 Å². The topological polar surface area (TPSA) is 49.4 Å². The van der Waals surface area contributed by atoms with Crippen LogP contribution in [0.4, 0.5) is 0 Å². The van der Waals surface area contributed by atoms with Crippen LogP contribution in [-0.2, 0) is 9.59 Å². The fraction of sp³-hybridized carbons (Fsp3) is 0.556. The van der Waals surface area contributed by atoms with Gasteiger partial charge in [-0.2, -0.15) is 0 Å². The van der Waals surface area contributed by atoms with Crippen LogP contribution in [0.1, 0.15) is 45.2 Å². The van der Waals surface area contributed by atoms with Crippen LogP contribution in [0.2, 0.25) is 5.02 Å². The molecular formula is C18H25ClN2O2. The van der Waals surface area contributed by atoms with Crippen LogP contribution in [-0.4, -0.2) is 29.8 Å². The normalized spacial score (nSPS) is 17.2. The van der Waals surface area contributed by atoms with E-state index in [1.165, 1.54) is 0 Å². The summed E-state index contributed by atoms with van der Waals surface area (Å²) in [6.07, 6.45) is 1.46. The van der Waals surface area contributed by atoms with Crippen molar-refractivity contribution < 1.29 is 9.59 Å². The second-order valence-corrected chi connectivity index (χ2v) is 6.98. The van der Waals surface area contributed by atoms with Gasteiger partial charge in [-0.25, -0.2) is 0 Å². The highest BCUT2D eigenvalue weighted by Crippen LogP contribution is 2.22. The van der Waals surface area contributed by atoms with Crippen molar-refractivity contribution in [3.8, 4) is 0 Å². The molecule has 1 aromatic carbocycles. The largest absolute Gasteiger partial charge is 0.349 e. The Morgan fingerprint density at radius 2 is 1.87 bits per heavy atom. The smallest absolute Gasteiger partial charge is 0.225 e. The predicted molar refractivity (Wildman–Crippen MR) is 92.2 cm³/mol. The van der Waals surface area contributed by atoms with E-state index in [4.69, 9.17) is 11.6 Å². The third kappa shape index (κ3) is 4.71. The highest BCUT2D eigenvalue weighted by molar-refractivity contribution is 6.30. The number of carbonyl (C=O) groups excluding carboxylic acids is 2. The number of amides is 2. The highest BCUT2D eigenvalue weighted by atomic mass is 35.5. The maximum atomic E-state index is 12.4. The number of hydrogen-bond donors (Lipinski definition) is 1. The molecule has 5 heteroatoms. The van der Waals surface area contributed by atoms with Crippen LogP contribution in [0.5, 0.6) is 0 Å². The Balaban J connectivity index is 1.87. The Bertz CT molecular complexity index is 566. The summed E-state index contributed by atoms with van der Waals surface area (Å²) >= 11 is 6.00. The third-order valence-electron chi connectivity index (χ3n) is 4.38. The van der Waals surface area contributed by atoms with Crippen LogP contribution in [0.25, 0.3) is 0 Å². The number of piperidine rings is 1. The number of benzene rings is 1. The van der Waals surface area contributed by atoms with E-state index in [9.17, 15) is 9.59 Å². The van der Waals surface area contributed by atoms with Gasteiger partial charge in [0.25, 0.3) is 0 Å². The van der Waals surface area contributed by atoms with Gasteiger partial charge in [-0.3, -0.25) is 9.59 Å². The summed E-state index contributed by atoms with van der Waals surface area (Å²) in [6, 6.07) is 7.46. The first kappa shape index (κ1) is 17.8. The van der Waals surface area contributed by atoms with E-state index < -0.39 is 0 Å². The van der Waals surface area contributed by atoms with Gasteiger partial charge in [-0.1, -0.05) is 37.6 Å². The van der Waals surface area contributed by atoms with Crippen molar-refractivity contribution in [1.29, 1.82) is 0 Å². The van der Waals surface area contributed by atoms with Gasteiger partial charge < -0.3 is 10.2 Å². The Morgan fingerprint density at radius 1 is 1.22 bits per heavy atom. The van der Waals surface area contributed by atoms with Crippen molar-refractivity contribution in [1.82, 2.24) is 10.2 Å². The molecule has 0 unspecified atom stereocenters. The Morgan fingerprint density at radius 3 is 2.43 bits per heavy atom. The number of nitrogens with zero attached hydrogens (tertiary/aromatic N) is 1. The number of halogens is 1. The number of likely N-dealkylation sites (tertiary alicyclic amines) is 1. The van der Waals surface area contributed by atoms with Crippen molar-refractivity contribution in [3.05, 3.63) is 34.9 Å². The fourth-order valence-corrected chi connectivity index (χ4v) is 3.12. The molecule has 0 aromatic heterocycles. The molecule has 1 aliphatic heterocycles. The molecule has 4 nitrogen and oxygen atoms in total. The minimum absolute atomic E-state index is 0.0169. The molecule has 1 N–H and O–H groups in total. The van der Waals surface area contributed by atoms with Gasteiger partial charge >= 0.3 is 0 Å². The standard InChI is InChI=1S/C18H25ClN2O2/c1-12(2)18(23)21-9-7-14(8-10-21)17(22)20-13(3)15-5-4-6-16(19)11-15/h4-6,11-14H,7-10H2,1-3H3,(H,20,22)/t13-/m1/s1. The molecule has 0 radical (unpaired) electrons. The van der Waals surface area contributed by atoms with E-state index in [1.807, 2.05) is 49.9 Å². The lowest BCUT2D eigenvalue weighted by molar-refractivity contribution is -0.138. The first-order valence-corrected chi connectivity index (χ1v) is 8.61.